The zero-order chi connectivity index (χ0) is 77.3. The van der Waals surface area contributed by atoms with Crippen LogP contribution in [0, 0.1) is 0 Å². The number of carboxylic acids is 4. The molecule has 48 heteroatoms. The van der Waals surface area contributed by atoms with Gasteiger partial charge in [0.2, 0.25) is 47.3 Å². The predicted octanol–water partition coefficient (Wildman–Crippen LogP) is -16.5. The van der Waals surface area contributed by atoms with Crippen LogP contribution in [0.4, 0.5) is 11.6 Å². The lowest BCUT2D eigenvalue weighted by atomic mass is 9.96. The van der Waals surface area contributed by atoms with Crippen LogP contribution >= 0.6 is 12.6 Å². The summed E-state index contributed by atoms with van der Waals surface area (Å²) in [7, 11) is 0. The first-order valence-electron chi connectivity index (χ1n) is 29.7. The molecule has 0 unspecified atom stereocenters. The minimum absolute atomic E-state index is 0.00913. The first-order chi connectivity index (χ1) is 47.8. The van der Waals surface area contributed by atoms with Crippen molar-refractivity contribution in [1.29, 1.82) is 0 Å². The second kappa shape index (κ2) is 40.7. The van der Waals surface area contributed by atoms with Gasteiger partial charge in [-0.05, 0) is 30.7 Å². The summed E-state index contributed by atoms with van der Waals surface area (Å²) in [6.07, 6.45) is -36.4. The van der Waals surface area contributed by atoms with E-state index in [1.807, 2.05) is 5.32 Å². The molecular formula is C54H78N14O33S. The zero-order valence-corrected chi connectivity index (χ0v) is 53.5. The Morgan fingerprint density at radius 3 is 1.22 bits per heavy atom. The lowest BCUT2D eigenvalue weighted by Crippen LogP contribution is -2.67. The van der Waals surface area contributed by atoms with E-state index in [-0.39, 0.29) is 34.9 Å². The molecule has 0 aliphatic rings. The van der Waals surface area contributed by atoms with Gasteiger partial charge in [-0.25, -0.2) is 19.6 Å². The fourth-order valence-corrected chi connectivity index (χ4v) is 9.10. The number of carbonyl (C=O) groups excluding carboxylic acids is 8. The Morgan fingerprint density at radius 2 is 0.843 bits per heavy atom. The number of carbonyl (C=O) groups is 12. The van der Waals surface area contributed by atoms with Crippen molar-refractivity contribution in [2.24, 2.45) is 0 Å². The van der Waals surface area contributed by atoms with Gasteiger partial charge in [0, 0.05) is 23.4 Å². The van der Waals surface area contributed by atoms with Gasteiger partial charge >= 0.3 is 23.9 Å². The van der Waals surface area contributed by atoms with E-state index in [2.05, 4.69) is 43.2 Å². The molecule has 8 amide bonds. The van der Waals surface area contributed by atoms with Gasteiger partial charge < -0.3 is 156 Å². The van der Waals surface area contributed by atoms with E-state index in [0.29, 0.717) is 5.69 Å². The quantitative estimate of drug-likeness (QED) is 0.0234. The standard InChI is InChI=1S/C54H78N14O33S/c55-54-67-43-34(51(97)68-54)58-18(10-57-43)9-56-17-3-1-16(2-4-17)44(90)59-19(52(98)99)5-6-27(77)63-30(39(86)35(82)23(73)11-69)47(93)60-20(7-28(78)79)46(92)65-33(42(89)38(85)26(76)14-72)50(96)66-32(41(88)37(84)25(75)13-71)48(94)61-21(8-29(80)81)45(91)64-31(40(87)36(83)24(74)12-70)49(95)62-22(15-102)53(100)101/h1-4,10,19-26,30-33,35-42,56,69-76,82-89,102H,5-9,11-15H2,(H,59,90)(H,60,93)(H,61,94)(H,62,95)(H,63,77)(H,64,91)(H,65,92)(H,66,96)(H,78,79)(H,80,81)(H,98,99)(H,100,101)(H3,55,57,67,68,97)/t19-,20-,21-,22+,23+,24-,25-,26+,30-,31-,32-,33-,35+,36-,37-,38+,39+,40-,41-,42+/m0/s1. The number of nitrogen functional groups attached to an aromatic ring is 1. The molecule has 0 aliphatic carbocycles. The number of nitrogens with two attached hydrogens (primary N) is 1. The highest BCUT2D eigenvalue weighted by Crippen LogP contribution is 2.17. The molecule has 2 aromatic heterocycles. The number of thiol groups is 1. The number of nitrogens with zero attached hydrogens (tertiary/aromatic N) is 3. The Morgan fingerprint density at radius 1 is 0.471 bits per heavy atom. The van der Waals surface area contributed by atoms with Crippen molar-refractivity contribution in [3.8, 4) is 0 Å². The number of aliphatic hydroxyl groups excluding tert-OH is 16. The average Bonchev–Trinajstić information content (AvgIpc) is 0.822. The van der Waals surface area contributed by atoms with Crippen molar-refractivity contribution < 1.29 is 160 Å². The lowest BCUT2D eigenvalue weighted by molar-refractivity contribution is -0.149. The third-order valence-electron chi connectivity index (χ3n) is 14.6. The number of benzene rings is 1. The number of fused-ring (bicyclic) bond motifs is 1. The smallest absolute Gasteiger partial charge is 0.327 e. The minimum Gasteiger partial charge on any atom is -0.481 e. The molecule has 3 rings (SSSR count). The van der Waals surface area contributed by atoms with Crippen molar-refractivity contribution in [3.05, 3.63) is 52.1 Å². The van der Waals surface area contributed by atoms with Crippen LogP contribution in [-0.4, -0.2) is 347 Å². The van der Waals surface area contributed by atoms with E-state index in [0.717, 1.165) is 0 Å². The highest BCUT2D eigenvalue weighted by atomic mass is 32.1. The Kier molecular flexibility index (Phi) is 34.6. The summed E-state index contributed by atoms with van der Waals surface area (Å²) < 4.78 is 0. The van der Waals surface area contributed by atoms with Gasteiger partial charge in [-0.15, -0.1) is 0 Å². The topological polar surface area (TPSA) is 815 Å². The molecule has 0 saturated carbocycles. The van der Waals surface area contributed by atoms with Crippen LogP contribution in [0.25, 0.3) is 11.2 Å². The van der Waals surface area contributed by atoms with Crippen LogP contribution in [-0.2, 0) is 59.3 Å². The van der Waals surface area contributed by atoms with Gasteiger partial charge in [0.25, 0.3) is 11.5 Å². The van der Waals surface area contributed by atoms with Crippen LogP contribution in [0.1, 0.15) is 41.7 Å². The van der Waals surface area contributed by atoms with Crippen molar-refractivity contribution in [2.45, 2.75) is 154 Å². The summed E-state index contributed by atoms with van der Waals surface area (Å²) in [5.41, 5.74) is 5.23. The van der Waals surface area contributed by atoms with E-state index in [4.69, 9.17) is 5.73 Å². The maximum absolute atomic E-state index is 14.4. The van der Waals surface area contributed by atoms with Gasteiger partial charge in [0.15, 0.2) is 11.2 Å². The maximum atomic E-state index is 14.4. The number of rotatable bonds is 44. The first-order valence-corrected chi connectivity index (χ1v) is 30.3. The molecule has 1 aromatic carbocycles. The van der Waals surface area contributed by atoms with Gasteiger partial charge in [0.1, 0.15) is 122 Å². The van der Waals surface area contributed by atoms with E-state index in [1.165, 1.54) is 30.5 Å². The number of H-pyrrole nitrogens is 1. The summed E-state index contributed by atoms with van der Waals surface area (Å²) >= 11 is 3.73. The molecule has 20 atom stereocenters. The summed E-state index contributed by atoms with van der Waals surface area (Å²) in [5, 5.41) is 222. The van der Waals surface area contributed by atoms with Gasteiger partial charge in [-0.2, -0.15) is 17.6 Å². The Labute approximate surface area is 576 Å². The number of amides is 8. The fraction of sp³-hybridized carbons (Fsp3) is 0.556. The third-order valence-corrected chi connectivity index (χ3v) is 15.0. The number of aromatic amines is 1. The van der Waals surface area contributed by atoms with Crippen LogP contribution < -0.4 is 59.1 Å². The van der Waals surface area contributed by atoms with Crippen LogP contribution in [0.3, 0.4) is 0 Å². The van der Waals surface area contributed by atoms with Crippen molar-refractivity contribution >= 4 is 107 Å². The molecule has 32 N–H and O–H groups in total. The molecule has 0 fully saturated rings. The van der Waals surface area contributed by atoms with Crippen molar-refractivity contribution in [1.82, 2.24) is 62.5 Å². The van der Waals surface area contributed by atoms with E-state index < -0.39 is 256 Å². The molecular weight excluding hydrogens is 1400 g/mol. The highest BCUT2D eigenvalue weighted by Gasteiger charge is 2.46. The summed E-state index contributed by atoms with van der Waals surface area (Å²) in [6.45, 7) is -5.73. The Bertz CT molecular complexity index is 3470. The zero-order valence-electron chi connectivity index (χ0n) is 52.6. The number of hydrogen-bond acceptors (Lipinski definition) is 35. The number of hydrogen-bond donors (Lipinski definition) is 32. The predicted molar refractivity (Wildman–Crippen MR) is 334 cm³/mol. The van der Waals surface area contributed by atoms with Crippen molar-refractivity contribution in [3.63, 3.8) is 0 Å². The SMILES string of the molecule is Nc1nc2ncc(CNc3ccc(C(=O)N[C@@H](CCC(=O)N[C@H](C(=O)N[C@@H](CC(=O)O)C(=O)N[C@H](C(=O)N[C@H](C(=O)N[C@@H](CC(=O)O)C(=O)N[C@H](C(=O)N[C@H](CS)C(=O)O)[C@H](O)[C@@H](O)[C@@H](O)CO)[C@H](O)[C@@H](O)[C@@H](O)CO)[C@@H](O)[C@H](O)[C@H](O)CO)[C@@H](O)[C@H](O)[C@H](O)CO)C(=O)O)cc3)nc2c(=O)[nH]1. The van der Waals surface area contributed by atoms with Gasteiger partial charge in [-0.1, -0.05) is 0 Å². The first kappa shape index (κ1) is 86.6. The maximum Gasteiger partial charge on any atom is 0.327 e. The summed E-state index contributed by atoms with van der Waals surface area (Å²) in [5.74, 6) is -23.0. The molecule has 47 nitrogen and oxygen atoms in total. The summed E-state index contributed by atoms with van der Waals surface area (Å²) in [4.78, 5) is 186. The highest BCUT2D eigenvalue weighted by molar-refractivity contribution is 7.80. The fourth-order valence-electron chi connectivity index (χ4n) is 8.85. The molecule has 568 valence electrons. The van der Waals surface area contributed by atoms with Gasteiger partial charge in [-0.3, -0.25) is 57.7 Å². The second-order valence-corrected chi connectivity index (χ2v) is 22.5. The number of carboxylic acid groups (broad SMARTS) is 4. The largest absolute Gasteiger partial charge is 0.481 e. The van der Waals surface area contributed by atoms with Crippen LogP contribution in [0.5, 0.6) is 0 Å². The molecule has 0 bridgehead atoms. The van der Waals surface area contributed by atoms with E-state index in [1.54, 1.807) is 31.9 Å². The third kappa shape index (κ3) is 25.2. The monoisotopic (exact) mass is 1480 g/mol. The second-order valence-electron chi connectivity index (χ2n) is 22.1. The van der Waals surface area contributed by atoms with Gasteiger partial charge in [0.05, 0.1) is 57.7 Å². The molecule has 102 heavy (non-hydrogen) atoms. The molecule has 0 saturated heterocycles. The number of aromatic nitrogens is 4. The van der Waals surface area contributed by atoms with E-state index >= 15 is 0 Å². The lowest BCUT2D eigenvalue weighted by Gasteiger charge is -2.34. The molecule has 0 spiro atoms. The number of aliphatic hydroxyl groups is 16. The minimum atomic E-state index is -3.09. The van der Waals surface area contributed by atoms with E-state index in [9.17, 15) is 164 Å². The van der Waals surface area contributed by atoms with Crippen LogP contribution in [0.15, 0.2) is 35.3 Å². The van der Waals surface area contributed by atoms with Crippen molar-refractivity contribution in [2.75, 3.05) is 43.2 Å². The normalized spacial score (nSPS) is 17.4. The Balaban J connectivity index is 2.00. The molecule has 0 radical (unpaired) electrons. The molecule has 2 heterocycles. The Hall–Kier alpha value is -9.61. The number of anilines is 2. The molecule has 0 aliphatic heterocycles. The molecule has 3 aromatic rings. The number of nitrogens with one attached hydrogen (secondary N) is 10. The summed E-state index contributed by atoms with van der Waals surface area (Å²) in [6, 6.07) is -15.7. The number of aliphatic carboxylic acids is 4. The van der Waals surface area contributed by atoms with Crippen LogP contribution in [0.2, 0.25) is 0 Å². The average molecular weight is 1480 g/mol.